The molecule has 2 nitrogen and oxygen atoms in total. The van der Waals surface area contributed by atoms with Gasteiger partial charge in [0.15, 0.2) is 0 Å². The van der Waals surface area contributed by atoms with Crippen molar-refractivity contribution in [2.45, 2.75) is 25.1 Å². The zero-order chi connectivity index (χ0) is 9.90. The van der Waals surface area contributed by atoms with Gasteiger partial charge in [0.1, 0.15) is 0 Å². The summed E-state index contributed by atoms with van der Waals surface area (Å²) in [6, 6.07) is 0.0269. The van der Waals surface area contributed by atoms with E-state index in [4.69, 9.17) is 0 Å². The zero-order valence-corrected chi connectivity index (χ0v) is 7.62. The molecule has 1 rings (SSSR count). The molecule has 0 aromatic carbocycles. The van der Waals surface area contributed by atoms with E-state index in [1.54, 1.807) is 7.05 Å². The van der Waals surface area contributed by atoms with Crippen molar-refractivity contribution in [2.24, 2.45) is 5.92 Å². The zero-order valence-electron chi connectivity index (χ0n) is 7.62. The summed E-state index contributed by atoms with van der Waals surface area (Å²) in [5, 5.41) is 5.81. The van der Waals surface area contributed by atoms with Crippen LogP contribution in [0.4, 0.5) is 13.2 Å². The number of nitrogens with one attached hydrogen (secondary N) is 2. The van der Waals surface area contributed by atoms with Crippen LogP contribution in [0.15, 0.2) is 0 Å². The van der Waals surface area contributed by atoms with E-state index in [9.17, 15) is 13.2 Å². The lowest BCUT2D eigenvalue weighted by Crippen LogP contribution is -2.26. The summed E-state index contributed by atoms with van der Waals surface area (Å²) in [5.74, 6) is -1.14. The van der Waals surface area contributed by atoms with Gasteiger partial charge >= 0.3 is 6.18 Å². The molecule has 13 heavy (non-hydrogen) atoms. The van der Waals surface area contributed by atoms with Crippen LogP contribution in [0.1, 0.15) is 12.8 Å². The van der Waals surface area contributed by atoms with Gasteiger partial charge in [0, 0.05) is 12.6 Å². The molecule has 0 aliphatic carbocycles. The van der Waals surface area contributed by atoms with Gasteiger partial charge in [0.25, 0.3) is 0 Å². The molecule has 78 valence electrons. The summed E-state index contributed by atoms with van der Waals surface area (Å²) >= 11 is 0. The van der Waals surface area contributed by atoms with Gasteiger partial charge < -0.3 is 10.6 Å². The Labute approximate surface area is 75.9 Å². The molecule has 1 fully saturated rings. The molecule has 0 radical (unpaired) electrons. The summed E-state index contributed by atoms with van der Waals surface area (Å²) in [4.78, 5) is 0. The molecule has 0 saturated carbocycles. The van der Waals surface area contributed by atoms with Gasteiger partial charge in [-0.3, -0.25) is 0 Å². The van der Waals surface area contributed by atoms with Crippen LogP contribution >= 0.6 is 0 Å². The molecule has 1 saturated heterocycles. The van der Waals surface area contributed by atoms with Crippen LogP contribution in [0.3, 0.4) is 0 Å². The summed E-state index contributed by atoms with van der Waals surface area (Å²) in [7, 11) is 1.80. The fourth-order valence-electron chi connectivity index (χ4n) is 1.61. The maximum atomic E-state index is 12.2. The van der Waals surface area contributed by atoms with Gasteiger partial charge in [-0.15, -0.1) is 0 Å². The number of hydrogen-bond acceptors (Lipinski definition) is 2. The van der Waals surface area contributed by atoms with Crippen LogP contribution in [0.2, 0.25) is 0 Å². The van der Waals surface area contributed by atoms with Crippen LogP contribution in [0.5, 0.6) is 0 Å². The minimum atomic E-state index is -4.03. The fraction of sp³-hybridized carbons (Fsp3) is 1.00. The van der Waals surface area contributed by atoms with E-state index < -0.39 is 12.1 Å². The predicted molar refractivity (Wildman–Crippen MR) is 44.5 cm³/mol. The average Bonchev–Trinajstić information content (AvgIpc) is 2.47. The highest BCUT2D eigenvalue weighted by atomic mass is 19.4. The van der Waals surface area contributed by atoms with Crippen LogP contribution in [-0.2, 0) is 0 Å². The van der Waals surface area contributed by atoms with E-state index in [0.717, 1.165) is 13.0 Å². The highest BCUT2D eigenvalue weighted by Crippen LogP contribution is 2.32. The second-order valence-corrected chi connectivity index (χ2v) is 3.47. The number of alkyl halides is 3. The Morgan fingerprint density at radius 1 is 1.46 bits per heavy atom. The van der Waals surface area contributed by atoms with Crippen molar-refractivity contribution in [2.75, 3.05) is 20.1 Å². The van der Waals surface area contributed by atoms with E-state index in [-0.39, 0.29) is 19.0 Å². The van der Waals surface area contributed by atoms with Crippen LogP contribution in [0, 0.1) is 5.92 Å². The van der Waals surface area contributed by atoms with Crippen LogP contribution in [-0.4, -0.2) is 32.4 Å². The Hall–Kier alpha value is -0.290. The quantitative estimate of drug-likeness (QED) is 0.707. The standard InChI is InChI=1S/C8H15F3N2/c1-12-3-2-7-4-6(5-13-7)8(9,10)11/h6-7,12-13H,2-5H2,1H3. The first-order chi connectivity index (χ1) is 6.04. The normalized spacial score (nSPS) is 29.5. The van der Waals surface area contributed by atoms with Gasteiger partial charge in [-0.25, -0.2) is 0 Å². The summed E-state index contributed by atoms with van der Waals surface area (Å²) in [6.07, 6.45) is -3.03. The Morgan fingerprint density at radius 3 is 2.62 bits per heavy atom. The number of rotatable bonds is 3. The molecule has 5 heteroatoms. The molecule has 0 aromatic rings. The lowest BCUT2D eigenvalue weighted by molar-refractivity contribution is -0.169. The van der Waals surface area contributed by atoms with Crippen molar-refractivity contribution in [1.29, 1.82) is 0 Å². The maximum Gasteiger partial charge on any atom is 0.393 e. The Bertz CT molecular complexity index is 158. The second-order valence-electron chi connectivity index (χ2n) is 3.47. The second kappa shape index (κ2) is 4.28. The first kappa shape index (κ1) is 10.8. The van der Waals surface area contributed by atoms with Gasteiger partial charge in [-0.1, -0.05) is 0 Å². The van der Waals surface area contributed by atoms with Crippen LogP contribution < -0.4 is 10.6 Å². The highest BCUT2D eigenvalue weighted by molar-refractivity contribution is 4.85. The third-order valence-electron chi connectivity index (χ3n) is 2.43. The van der Waals surface area contributed by atoms with E-state index in [1.807, 2.05) is 0 Å². The molecule has 0 spiro atoms. The maximum absolute atomic E-state index is 12.2. The van der Waals surface area contributed by atoms with Gasteiger partial charge in [-0.05, 0) is 26.4 Å². The Kier molecular flexibility index (Phi) is 3.55. The molecular formula is C8H15F3N2. The lowest BCUT2D eigenvalue weighted by atomic mass is 10.0. The molecule has 0 bridgehead atoms. The van der Waals surface area contributed by atoms with Crippen molar-refractivity contribution in [3.63, 3.8) is 0 Å². The van der Waals surface area contributed by atoms with E-state index in [0.29, 0.717) is 0 Å². The molecular weight excluding hydrogens is 181 g/mol. The third kappa shape index (κ3) is 3.15. The molecule has 2 atom stereocenters. The predicted octanol–water partition coefficient (Wildman–Crippen LogP) is 1.14. The van der Waals surface area contributed by atoms with Gasteiger partial charge in [-0.2, -0.15) is 13.2 Å². The van der Waals surface area contributed by atoms with E-state index in [1.165, 1.54) is 0 Å². The van der Waals surface area contributed by atoms with Crippen molar-refractivity contribution in [1.82, 2.24) is 10.6 Å². The number of hydrogen-bond donors (Lipinski definition) is 2. The van der Waals surface area contributed by atoms with Gasteiger partial charge in [0.2, 0.25) is 0 Å². The minimum absolute atomic E-state index is 0.0269. The molecule has 0 amide bonds. The molecule has 1 aliphatic rings. The molecule has 2 N–H and O–H groups in total. The van der Waals surface area contributed by atoms with E-state index in [2.05, 4.69) is 10.6 Å². The highest BCUT2D eigenvalue weighted by Gasteiger charge is 2.43. The molecule has 0 aromatic heterocycles. The van der Waals surface area contributed by atoms with Gasteiger partial charge in [0.05, 0.1) is 5.92 Å². The monoisotopic (exact) mass is 196 g/mol. The minimum Gasteiger partial charge on any atom is -0.320 e. The lowest BCUT2D eigenvalue weighted by Gasteiger charge is -2.13. The molecule has 1 heterocycles. The third-order valence-corrected chi connectivity index (χ3v) is 2.43. The Balaban J connectivity index is 2.28. The summed E-state index contributed by atoms with van der Waals surface area (Å²) in [6.45, 7) is 0.847. The first-order valence-electron chi connectivity index (χ1n) is 4.48. The van der Waals surface area contributed by atoms with Crippen molar-refractivity contribution in [3.05, 3.63) is 0 Å². The molecule has 2 unspecified atom stereocenters. The Morgan fingerprint density at radius 2 is 2.15 bits per heavy atom. The van der Waals surface area contributed by atoms with Crippen molar-refractivity contribution < 1.29 is 13.2 Å². The van der Waals surface area contributed by atoms with Crippen LogP contribution in [0.25, 0.3) is 0 Å². The first-order valence-corrected chi connectivity index (χ1v) is 4.48. The number of halogens is 3. The smallest absolute Gasteiger partial charge is 0.320 e. The topological polar surface area (TPSA) is 24.1 Å². The molecule has 1 aliphatic heterocycles. The van der Waals surface area contributed by atoms with Crippen molar-refractivity contribution in [3.8, 4) is 0 Å². The summed E-state index contributed by atoms with van der Waals surface area (Å²) < 4.78 is 36.6. The summed E-state index contributed by atoms with van der Waals surface area (Å²) in [5.41, 5.74) is 0. The average molecular weight is 196 g/mol. The fourth-order valence-corrected chi connectivity index (χ4v) is 1.61. The van der Waals surface area contributed by atoms with E-state index >= 15 is 0 Å². The van der Waals surface area contributed by atoms with Crippen molar-refractivity contribution >= 4 is 0 Å². The SMILES string of the molecule is CNCCC1CC(C(F)(F)F)CN1. The largest absolute Gasteiger partial charge is 0.393 e.